The average Bonchev–Trinajstić information content (AvgIpc) is 2.97. The Morgan fingerprint density at radius 1 is 1.30 bits per heavy atom. The number of furan rings is 1. The summed E-state index contributed by atoms with van der Waals surface area (Å²) in [6, 6.07) is 12.8. The second-order valence-corrected chi connectivity index (χ2v) is 5.82. The van der Waals surface area contributed by atoms with Crippen LogP contribution in [0.2, 0.25) is 0 Å². The summed E-state index contributed by atoms with van der Waals surface area (Å²) in [4.78, 5) is 1.28. The Kier molecular flexibility index (Phi) is 5.81. The van der Waals surface area contributed by atoms with Crippen molar-refractivity contribution in [1.82, 2.24) is 0 Å². The quantitative estimate of drug-likeness (QED) is 0.547. The number of para-hydroxylation sites is 1. The number of thioether (sulfide) groups is 1. The Balaban J connectivity index is 1.89. The van der Waals surface area contributed by atoms with E-state index < -0.39 is 0 Å². The zero-order chi connectivity index (χ0) is 14.2. The summed E-state index contributed by atoms with van der Waals surface area (Å²) in [6.07, 6.45) is 5.67. The third-order valence-electron chi connectivity index (χ3n) is 3.05. The molecule has 0 bridgehead atoms. The van der Waals surface area contributed by atoms with E-state index in [2.05, 4.69) is 43.1 Å². The maximum atomic E-state index is 5.37. The molecule has 0 fully saturated rings. The Hall–Kier alpha value is -1.61. The maximum absolute atomic E-state index is 5.37. The lowest BCUT2D eigenvalue weighted by atomic mass is 10.1. The highest BCUT2D eigenvalue weighted by atomic mass is 32.2. The van der Waals surface area contributed by atoms with Crippen LogP contribution in [0.3, 0.4) is 0 Å². The second-order valence-electron chi connectivity index (χ2n) is 4.76. The van der Waals surface area contributed by atoms with Crippen LogP contribution in [0, 0.1) is 0 Å². The lowest BCUT2D eigenvalue weighted by Gasteiger charge is -2.17. The van der Waals surface area contributed by atoms with Crippen molar-refractivity contribution >= 4 is 17.4 Å². The zero-order valence-corrected chi connectivity index (χ0v) is 12.7. The van der Waals surface area contributed by atoms with Crippen molar-refractivity contribution in [3.05, 3.63) is 61.1 Å². The fourth-order valence-electron chi connectivity index (χ4n) is 2.01. The van der Waals surface area contributed by atoms with Crippen LogP contribution in [-0.2, 0) is 6.42 Å². The van der Waals surface area contributed by atoms with E-state index in [1.165, 1.54) is 10.6 Å². The standard InChI is InChI=1S/C17H21NOS/c1-3-13-20-17-9-5-4-8-16(17)18-14(2)10-11-15-7-6-12-19-15/h3-9,12,14,18H,1,10-11,13H2,2H3. The summed E-state index contributed by atoms with van der Waals surface area (Å²) in [6.45, 7) is 5.98. The predicted molar refractivity (Wildman–Crippen MR) is 87.5 cm³/mol. The number of hydrogen-bond acceptors (Lipinski definition) is 3. The molecule has 1 atom stereocenters. The molecule has 1 unspecified atom stereocenters. The molecule has 1 aromatic heterocycles. The lowest BCUT2D eigenvalue weighted by molar-refractivity contribution is 0.495. The molecule has 1 heterocycles. The first-order valence-corrected chi connectivity index (χ1v) is 7.90. The van der Waals surface area contributed by atoms with Gasteiger partial charge in [0.15, 0.2) is 0 Å². The minimum absolute atomic E-state index is 0.408. The highest BCUT2D eigenvalue weighted by Crippen LogP contribution is 2.27. The molecule has 2 aromatic rings. The van der Waals surface area contributed by atoms with E-state index in [-0.39, 0.29) is 0 Å². The van der Waals surface area contributed by atoms with E-state index >= 15 is 0 Å². The molecule has 0 saturated carbocycles. The van der Waals surface area contributed by atoms with Gasteiger partial charge in [0, 0.05) is 28.8 Å². The maximum Gasteiger partial charge on any atom is 0.103 e. The van der Waals surface area contributed by atoms with Crippen LogP contribution in [-0.4, -0.2) is 11.8 Å². The van der Waals surface area contributed by atoms with Gasteiger partial charge in [-0.2, -0.15) is 0 Å². The smallest absolute Gasteiger partial charge is 0.103 e. The third kappa shape index (κ3) is 4.49. The van der Waals surface area contributed by atoms with Gasteiger partial charge >= 0.3 is 0 Å². The number of benzene rings is 1. The number of aryl methyl sites for hydroxylation is 1. The monoisotopic (exact) mass is 287 g/mol. The van der Waals surface area contributed by atoms with Crippen molar-refractivity contribution in [1.29, 1.82) is 0 Å². The molecule has 0 aliphatic rings. The molecule has 3 heteroatoms. The SMILES string of the molecule is C=CCSc1ccccc1NC(C)CCc1ccco1. The van der Waals surface area contributed by atoms with Gasteiger partial charge in [-0.3, -0.25) is 0 Å². The van der Waals surface area contributed by atoms with E-state index in [1.54, 1.807) is 18.0 Å². The summed E-state index contributed by atoms with van der Waals surface area (Å²) in [7, 11) is 0. The molecule has 20 heavy (non-hydrogen) atoms. The number of anilines is 1. The van der Waals surface area contributed by atoms with E-state index in [0.717, 1.165) is 24.4 Å². The van der Waals surface area contributed by atoms with Gasteiger partial charge in [0.1, 0.15) is 5.76 Å². The molecule has 1 aromatic carbocycles. The summed E-state index contributed by atoms with van der Waals surface area (Å²) < 4.78 is 5.37. The normalized spacial score (nSPS) is 12.1. The molecule has 0 spiro atoms. The number of rotatable bonds is 8. The van der Waals surface area contributed by atoms with Crippen molar-refractivity contribution in [3.63, 3.8) is 0 Å². The van der Waals surface area contributed by atoms with Crippen LogP contribution in [0.5, 0.6) is 0 Å². The van der Waals surface area contributed by atoms with E-state index in [9.17, 15) is 0 Å². The van der Waals surface area contributed by atoms with Crippen molar-refractivity contribution in [2.24, 2.45) is 0 Å². The van der Waals surface area contributed by atoms with Crippen molar-refractivity contribution < 1.29 is 4.42 Å². The van der Waals surface area contributed by atoms with Crippen LogP contribution in [0.25, 0.3) is 0 Å². The fourth-order valence-corrected chi connectivity index (χ4v) is 2.77. The minimum atomic E-state index is 0.408. The van der Waals surface area contributed by atoms with Crippen LogP contribution < -0.4 is 5.32 Å². The van der Waals surface area contributed by atoms with Crippen molar-refractivity contribution in [2.75, 3.05) is 11.1 Å². The van der Waals surface area contributed by atoms with Gasteiger partial charge in [0.05, 0.1) is 6.26 Å². The molecule has 0 aliphatic carbocycles. The molecular weight excluding hydrogens is 266 g/mol. The summed E-state index contributed by atoms with van der Waals surface area (Å²) in [5.41, 5.74) is 1.20. The Labute approximate surface area is 125 Å². The van der Waals surface area contributed by atoms with Gasteiger partial charge in [0.25, 0.3) is 0 Å². The van der Waals surface area contributed by atoms with Crippen molar-refractivity contribution in [3.8, 4) is 0 Å². The lowest BCUT2D eigenvalue weighted by Crippen LogP contribution is -2.16. The zero-order valence-electron chi connectivity index (χ0n) is 11.8. The molecule has 0 aliphatic heterocycles. The van der Waals surface area contributed by atoms with E-state index in [4.69, 9.17) is 4.42 Å². The first-order chi connectivity index (χ1) is 9.79. The summed E-state index contributed by atoms with van der Waals surface area (Å²) >= 11 is 1.81. The van der Waals surface area contributed by atoms with E-state index in [1.807, 2.05) is 18.2 Å². The molecular formula is C17H21NOS. The molecule has 1 N–H and O–H groups in total. The van der Waals surface area contributed by atoms with Gasteiger partial charge in [-0.25, -0.2) is 0 Å². The van der Waals surface area contributed by atoms with Gasteiger partial charge in [-0.05, 0) is 37.6 Å². The highest BCUT2D eigenvalue weighted by Gasteiger charge is 2.07. The first kappa shape index (κ1) is 14.8. The molecule has 2 nitrogen and oxygen atoms in total. The van der Waals surface area contributed by atoms with Crippen molar-refractivity contribution in [2.45, 2.75) is 30.7 Å². The predicted octanol–water partition coefficient (Wildman–Crippen LogP) is 4.99. The molecule has 0 amide bonds. The summed E-state index contributed by atoms with van der Waals surface area (Å²) in [5.74, 6) is 1.98. The number of nitrogens with one attached hydrogen (secondary N) is 1. The second kappa shape index (κ2) is 7.85. The first-order valence-electron chi connectivity index (χ1n) is 6.91. The van der Waals surface area contributed by atoms with Gasteiger partial charge in [-0.15, -0.1) is 18.3 Å². The fraction of sp³-hybridized carbons (Fsp3) is 0.294. The van der Waals surface area contributed by atoms with Gasteiger partial charge < -0.3 is 9.73 Å². The average molecular weight is 287 g/mol. The third-order valence-corrected chi connectivity index (χ3v) is 4.12. The largest absolute Gasteiger partial charge is 0.469 e. The molecule has 2 rings (SSSR count). The Bertz CT molecular complexity index is 522. The van der Waals surface area contributed by atoms with Gasteiger partial charge in [-0.1, -0.05) is 18.2 Å². The van der Waals surface area contributed by atoms with Crippen LogP contribution in [0.15, 0.2) is 64.6 Å². The molecule has 0 saturated heterocycles. The summed E-state index contributed by atoms with van der Waals surface area (Å²) in [5, 5.41) is 3.59. The van der Waals surface area contributed by atoms with E-state index in [0.29, 0.717) is 6.04 Å². The van der Waals surface area contributed by atoms with Crippen LogP contribution >= 0.6 is 11.8 Å². The Morgan fingerprint density at radius 3 is 2.90 bits per heavy atom. The van der Waals surface area contributed by atoms with Gasteiger partial charge in [0.2, 0.25) is 0 Å². The van der Waals surface area contributed by atoms with Crippen LogP contribution in [0.1, 0.15) is 19.1 Å². The Morgan fingerprint density at radius 2 is 2.15 bits per heavy atom. The highest BCUT2D eigenvalue weighted by molar-refractivity contribution is 7.99. The topological polar surface area (TPSA) is 25.2 Å². The molecule has 106 valence electrons. The number of hydrogen-bond donors (Lipinski definition) is 1. The minimum Gasteiger partial charge on any atom is -0.469 e. The van der Waals surface area contributed by atoms with Crippen LogP contribution in [0.4, 0.5) is 5.69 Å². The molecule has 0 radical (unpaired) electrons.